The first-order valence-corrected chi connectivity index (χ1v) is 7.36. The van der Waals surface area contributed by atoms with Crippen LogP contribution in [0.15, 0.2) is 23.1 Å². The first kappa shape index (κ1) is 14.7. The molecule has 1 N–H and O–H groups in total. The molecule has 0 bridgehead atoms. The smallest absolute Gasteiger partial charge is 0.255 e. The standard InChI is InChI=1S/C14H18ClNO2S/c15-13-6-5-11(19)9-12(13)14(18)16(7-2-8-17)10-3-1-4-10/h5-6,9-10,17,19H,1-4,7-8H2. The van der Waals surface area contributed by atoms with E-state index in [0.29, 0.717) is 29.6 Å². The number of rotatable bonds is 5. The summed E-state index contributed by atoms with van der Waals surface area (Å²) >= 11 is 10.4. The van der Waals surface area contributed by atoms with Gasteiger partial charge >= 0.3 is 0 Å². The highest BCUT2D eigenvalue weighted by Crippen LogP contribution is 2.28. The van der Waals surface area contributed by atoms with E-state index >= 15 is 0 Å². The van der Waals surface area contributed by atoms with Gasteiger partial charge in [0, 0.05) is 24.1 Å². The first-order valence-electron chi connectivity index (χ1n) is 6.54. The normalized spacial score (nSPS) is 15.1. The van der Waals surface area contributed by atoms with Crippen LogP contribution >= 0.6 is 24.2 Å². The van der Waals surface area contributed by atoms with Gasteiger partial charge in [-0.3, -0.25) is 4.79 Å². The maximum absolute atomic E-state index is 12.6. The number of hydrogen-bond donors (Lipinski definition) is 2. The van der Waals surface area contributed by atoms with Crippen LogP contribution in [0, 0.1) is 0 Å². The van der Waals surface area contributed by atoms with Crippen molar-refractivity contribution < 1.29 is 9.90 Å². The Morgan fingerprint density at radius 1 is 1.47 bits per heavy atom. The average Bonchev–Trinajstić information content (AvgIpc) is 2.34. The van der Waals surface area contributed by atoms with Crippen LogP contribution in [0.2, 0.25) is 5.02 Å². The molecule has 0 heterocycles. The number of amides is 1. The topological polar surface area (TPSA) is 40.5 Å². The maximum atomic E-state index is 12.6. The molecule has 1 fully saturated rings. The Morgan fingerprint density at radius 2 is 2.21 bits per heavy atom. The molecule has 0 aliphatic heterocycles. The highest BCUT2D eigenvalue weighted by atomic mass is 35.5. The number of halogens is 1. The quantitative estimate of drug-likeness (QED) is 0.821. The highest BCUT2D eigenvalue weighted by Gasteiger charge is 2.29. The molecular weight excluding hydrogens is 282 g/mol. The number of carbonyl (C=O) groups is 1. The van der Waals surface area contributed by atoms with Gasteiger partial charge < -0.3 is 10.0 Å². The fourth-order valence-corrected chi connectivity index (χ4v) is 2.62. The van der Waals surface area contributed by atoms with E-state index in [1.54, 1.807) is 18.2 Å². The van der Waals surface area contributed by atoms with E-state index in [4.69, 9.17) is 16.7 Å². The summed E-state index contributed by atoms with van der Waals surface area (Å²) in [6.45, 7) is 0.671. The number of aliphatic hydroxyl groups excluding tert-OH is 1. The lowest BCUT2D eigenvalue weighted by Crippen LogP contribution is -2.45. The van der Waals surface area contributed by atoms with Crippen molar-refractivity contribution >= 4 is 30.1 Å². The molecule has 0 unspecified atom stereocenters. The Labute approximate surface area is 124 Å². The zero-order chi connectivity index (χ0) is 13.8. The van der Waals surface area contributed by atoms with Crippen molar-refractivity contribution in [3.63, 3.8) is 0 Å². The fourth-order valence-electron chi connectivity index (χ4n) is 2.22. The number of carbonyl (C=O) groups excluding carboxylic acids is 1. The molecule has 0 saturated heterocycles. The molecule has 3 nitrogen and oxygen atoms in total. The van der Waals surface area contributed by atoms with E-state index in [2.05, 4.69) is 12.6 Å². The molecule has 2 rings (SSSR count). The van der Waals surface area contributed by atoms with Crippen molar-refractivity contribution in [1.82, 2.24) is 4.90 Å². The van der Waals surface area contributed by atoms with Gasteiger partial charge in [-0.2, -0.15) is 0 Å². The summed E-state index contributed by atoms with van der Waals surface area (Å²) in [4.78, 5) is 15.2. The summed E-state index contributed by atoms with van der Waals surface area (Å²) in [7, 11) is 0. The second kappa shape index (κ2) is 6.64. The van der Waals surface area contributed by atoms with Crippen LogP contribution in [0.5, 0.6) is 0 Å². The molecule has 1 saturated carbocycles. The Bertz CT molecular complexity index is 463. The van der Waals surface area contributed by atoms with Crippen LogP contribution in [0.25, 0.3) is 0 Å². The van der Waals surface area contributed by atoms with Crippen LogP contribution < -0.4 is 0 Å². The third-order valence-corrected chi connectivity index (χ3v) is 4.12. The number of hydrogen-bond acceptors (Lipinski definition) is 3. The molecule has 1 aromatic carbocycles. The molecule has 1 aliphatic rings. The molecule has 1 aliphatic carbocycles. The maximum Gasteiger partial charge on any atom is 0.255 e. The van der Waals surface area contributed by atoms with Gasteiger partial charge in [0.1, 0.15) is 0 Å². The lowest BCUT2D eigenvalue weighted by molar-refractivity contribution is 0.0562. The van der Waals surface area contributed by atoms with E-state index in [0.717, 1.165) is 24.2 Å². The predicted octanol–water partition coefficient (Wildman–Crippen LogP) is 3.01. The van der Waals surface area contributed by atoms with Crippen LogP contribution in [-0.2, 0) is 0 Å². The fraction of sp³-hybridized carbons (Fsp3) is 0.500. The molecule has 104 valence electrons. The molecular formula is C14H18ClNO2S. The second-order valence-electron chi connectivity index (χ2n) is 4.82. The van der Waals surface area contributed by atoms with Crippen molar-refractivity contribution in [3.8, 4) is 0 Å². The van der Waals surface area contributed by atoms with Gasteiger partial charge in [-0.05, 0) is 43.9 Å². The lowest BCUT2D eigenvalue weighted by atomic mass is 9.90. The Hall–Kier alpha value is -0.710. The Morgan fingerprint density at radius 3 is 2.79 bits per heavy atom. The summed E-state index contributed by atoms with van der Waals surface area (Å²) < 4.78 is 0. The first-order chi connectivity index (χ1) is 9.13. The number of nitrogens with zero attached hydrogens (tertiary/aromatic N) is 1. The molecule has 0 radical (unpaired) electrons. The second-order valence-corrected chi connectivity index (χ2v) is 5.75. The third kappa shape index (κ3) is 3.44. The van der Waals surface area contributed by atoms with E-state index in [1.807, 2.05) is 4.90 Å². The minimum Gasteiger partial charge on any atom is -0.396 e. The van der Waals surface area contributed by atoms with Crippen molar-refractivity contribution in [2.45, 2.75) is 36.6 Å². The summed E-state index contributed by atoms with van der Waals surface area (Å²) in [5.74, 6) is -0.0564. The average molecular weight is 300 g/mol. The molecule has 0 spiro atoms. The summed E-state index contributed by atoms with van der Waals surface area (Å²) in [6, 6.07) is 5.46. The number of thiol groups is 1. The van der Waals surface area contributed by atoms with E-state index in [1.165, 1.54) is 0 Å². The van der Waals surface area contributed by atoms with Crippen molar-refractivity contribution in [1.29, 1.82) is 0 Å². The van der Waals surface area contributed by atoms with Gasteiger partial charge in [0.15, 0.2) is 0 Å². The predicted molar refractivity (Wildman–Crippen MR) is 79.1 cm³/mol. The minimum absolute atomic E-state index is 0.0564. The van der Waals surface area contributed by atoms with E-state index in [-0.39, 0.29) is 12.5 Å². The monoisotopic (exact) mass is 299 g/mol. The summed E-state index contributed by atoms with van der Waals surface area (Å²) in [5, 5.41) is 9.42. The third-order valence-electron chi connectivity index (χ3n) is 3.51. The molecule has 19 heavy (non-hydrogen) atoms. The van der Waals surface area contributed by atoms with Crippen LogP contribution in [-0.4, -0.2) is 35.1 Å². The Kier molecular flexibility index (Phi) is 5.13. The van der Waals surface area contributed by atoms with Gasteiger partial charge in [-0.1, -0.05) is 11.6 Å². The largest absolute Gasteiger partial charge is 0.396 e. The molecule has 0 aromatic heterocycles. The summed E-state index contributed by atoms with van der Waals surface area (Å²) in [6.07, 6.45) is 3.83. The van der Waals surface area contributed by atoms with Crippen LogP contribution in [0.4, 0.5) is 0 Å². The van der Waals surface area contributed by atoms with Crippen LogP contribution in [0.3, 0.4) is 0 Å². The number of benzene rings is 1. The molecule has 1 amide bonds. The SMILES string of the molecule is O=C(c1cc(S)ccc1Cl)N(CCCO)C1CCC1. The molecule has 0 atom stereocenters. The number of aliphatic hydroxyl groups is 1. The molecule has 1 aromatic rings. The van der Waals surface area contributed by atoms with Crippen molar-refractivity contribution in [2.24, 2.45) is 0 Å². The molecule has 5 heteroatoms. The lowest BCUT2D eigenvalue weighted by Gasteiger charge is -2.37. The van der Waals surface area contributed by atoms with Gasteiger partial charge in [0.05, 0.1) is 10.6 Å². The van der Waals surface area contributed by atoms with Gasteiger partial charge in [0.25, 0.3) is 5.91 Å². The zero-order valence-electron chi connectivity index (χ0n) is 10.7. The Balaban J connectivity index is 2.19. The van der Waals surface area contributed by atoms with E-state index in [9.17, 15) is 4.79 Å². The summed E-state index contributed by atoms with van der Waals surface area (Å²) in [5.41, 5.74) is 0.499. The highest BCUT2D eigenvalue weighted by molar-refractivity contribution is 7.80. The zero-order valence-corrected chi connectivity index (χ0v) is 12.3. The minimum atomic E-state index is -0.0564. The van der Waals surface area contributed by atoms with Gasteiger partial charge in [-0.25, -0.2) is 0 Å². The van der Waals surface area contributed by atoms with Crippen LogP contribution in [0.1, 0.15) is 36.0 Å². The van der Waals surface area contributed by atoms with Gasteiger partial charge in [0.2, 0.25) is 0 Å². The van der Waals surface area contributed by atoms with E-state index < -0.39 is 0 Å². The van der Waals surface area contributed by atoms with Crippen molar-refractivity contribution in [2.75, 3.05) is 13.2 Å². The van der Waals surface area contributed by atoms with Crippen molar-refractivity contribution in [3.05, 3.63) is 28.8 Å². The van der Waals surface area contributed by atoms with Gasteiger partial charge in [-0.15, -0.1) is 12.6 Å².